The van der Waals surface area contributed by atoms with E-state index >= 15 is 0 Å². The lowest BCUT2D eigenvalue weighted by atomic mass is 9.96. The first kappa shape index (κ1) is 28.3. The molecule has 5 atom stereocenters. The second-order valence-electron chi connectivity index (χ2n) is 11.3. The molecule has 3 N–H and O–H groups in total. The molecule has 0 radical (unpaired) electrons. The number of likely N-dealkylation sites (tertiary alicyclic amines) is 2. The highest BCUT2D eigenvalue weighted by Crippen LogP contribution is 2.35. The van der Waals surface area contributed by atoms with Crippen LogP contribution in [0.25, 0.3) is 0 Å². The average molecular weight is 559 g/mol. The number of hydrogen-bond donors (Lipinski definition) is 2. The van der Waals surface area contributed by atoms with Crippen LogP contribution in [0.3, 0.4) is 0 Å². The Morgan fingerprint density at radius 3 is 2.17 bits per heavy atom. The molecule has 3 aromatic carbocycles. The van der Waals surface area contributed by atoms with E-state index in [9.17, 15) is 9.59 Å². The molecule has 6 nitrogen and oxygen atoms in total. The largest absolute Gasteiger partial charge is 0.343 e. The summed E-state index contributed by atoms with van der Waals surface area (Å²) in [6, 6.07) is 27.3. The molecule has 0 spiro atoms. The molecule has 2 saturated heterocycles. The first-order chi connectivity index (χ1) is 19.4. The number of carbonyl (C=O) groups is 2. The third kappa shape index (κ3) is 6.92. The number of rotatable bonds is 9. The maximum Gasteiger partial charge on any atom is 0.245 e. The van der Waals surface area contributed by atoms with Gasteiger partial charge in [-0.1, -0.05) is 84.4 Å². The summed E-state index contributed by atoms with van der Waals surface area (Å²) in [6.45, 7) is 5.11. The molecule has 5 unspecified atom stereocenters. The smallest absolute Gasteiger partial charge is 0.245 e. The van der Waals surface area contributed by atoms with Gasteiger partial charge in [-0.15, -0.1) is 0 Å². The predicted octanol–water partition coefficient (Wildman–Crippen LogP) is 4.59. The zero-order valence-electron chi connectivity index (χ0n) is 23.1. The minimum atomic E-state index is -0.702. The molecule has 0 bridgehead atoms. The van der Waals surface area contributed by atoms with E-state index in [1.807, 2.05) is 35.2 Å². The fraction of sp³-hybridized carbons (Fsp3) is 0.394. The van der Waals surface area contributed by atoms with Gasteiger partial charge in [0.05, 0.1) is 6.04 Å². The Bertz CT molecular complexity index is 1270. The van der Waals surface area contributed by atoms with Gasteiger partial charge >= 0.3 is 0 Å². The van der Waals surface area contributed by atoms with E-state index < -0.39 is 12.1 Å². The standard InChI is InChI=1S/C33H39ClN4O2/c1-23(35)32(39)36-31(18-24-12-14-29(34)15-13-24)33(40)38-21-28(26-10-6-3-7-11-26)19-30(38)22-37-17-16-27(20-37)25-8-4-2-5-9-25/h2-15,23,27-28,30-31H,16-22,35H2,1H3,(H,36,39). The van der Waals surface area contributed by atoms with Gasteiger partial charge in [0.25, 0.3) is 0 Å². The van der Waals surface area contributed by atoms with Crippen molar-refractivity contribution in [1.29, 1.82) is 0 Å². The Labute approximate surface area is 242 Å². The van der Waals surface area contributed by atoms with Gasteiger partial charge in [-0.3, -0.25) is 9.59 Å². The topological polar surface area (TPSA) is 78.7 Å². The fourth-order valence-electron chi connectivity index (χ4n) is 6.18. The Hall–Kier alpha value is -3.19. The lowest BCUT2D eigenvalue weighted by molar-refractivity contribution is -0.137. The molecule has 7 heteroatoms. The molecule has 2 fully saturated rings. The number of amides is 2. The second kappa shape index (κ2) is 13.0. The van der Waals surface area contributed by atoms with Gasteiger partial charge in [-0.25, -0.2) is 0 Å². The summed E-state index contributed by atoms with van der Waals surface area (Å²) in [6.07, 6.45) is 2.40. The van der Waals surface area contributed by atoms with Gasteiger partial charge in [0.1, 0.15) is 6.04 Å². The van der Waals surface area contributed by atoms with E-state index in [1.54, 1.807) is 6.92 Å². The van der Waals surface area contributed by atoms with Gasteiger partial charge in [0.2, 0.25) is 11.8 Å². The van der Waals surface area contributed by atoms with Crippen LogP contribution in [-0.2, 0) is 16.0 Å². The maximum atomic E-state index is 14.2. The number of hydrogen-bond acceptors (Lipinski definition) is 4. The molecule has 40 heavy (non-hydrogen) atoms. The molecule has 0 aliphatic carbocycles. The van der Waals surface area contributed by atoms with Crippen molar-refractivity contribution in [2.75, 3.05) is 26.2 Å². The number of halogens is 1. The Balaban J connectivity index is 1.36. The van der Waals surface area contributed by atoms with Crippen LogP contribution in [0.2, 0.25) is 5.02 Å². The summed E-state index contributed by atoms with van der Waals surface area (Å²) < 4.78 is 0. The highest BCUT2D eigenvalue weighted by atomic mass is 35.5. The maximum absolute atomic E-state index is 14.2. The molecule has 2 amide bonds. The number of nitrogens with zero attached hydrogens (tertiary/aromatic N) is 2. The van der Waals surface area contributed by atoms with Gasteiger partial charge < -0.3 is 20.9 Å². The molecular formula is C33H39ClN4O2. The first-order valence-corrected chi connectivity index (χ1v) is 14.7. The summed E-state index contributed by atoms with van der Waals surface area (Å²) in [5, 5.41) is 3.59. The van der Waals surface area contributed by atoms with Crippen molar-refractivity contribution >= 4 is 23.4 Å². The normalized spacial score (nSPS) is 22.7. The third-order valence-electron chi connectivity index (χ3n) is 8.36. The van der Waals surface area contributed by atoms with E-state index in [1.165, 1.54) is 11.1 Å². The molecule has 2 aliphatic rings. The van der Waals surface area contributed by atoms with Crippen LogP contribution >= 0.6 is 11.6 Å². The molecule has 0 aromatic heterocycles. The van der Waals surface area contributed by atoms with Crippen LogP contribution in [0.1, 0.15) is 48.3 Å². The van der Waals surface area contributed by atoms with Gasteiger partial charge in [0, 0.05) is 43.0 Å². The summed E-state index contributed by atoms with van der Waals surface area (Å²) in [7, 11) is 0. The number of benzene rings is 3. The van der Waals surface area contributed by atoms with Crippen molar-refractivity contribution in [3.8, 4) is 0 Å². The van der Waals surface area contributed by atoms with E-state index in [4.69, 9.17) is 17.3 Å². The average Bonchev–Trinajstić information content (AvgIpc) is 3.62. The van der Waals surface area contributed by atoms with Crippen LogP contribution in [-0.4, -0.2) is 65.9 Å². The third-order valence-corrected chi connectivity index (χ3v) is 8.61. The van der Waals surface area contributed by atoms with Crippen molar-refractivity contribution in [3.05, 3.63) is 107 Å². The zero-order valence-corrected chi connectivity index (χ0v) is 23.8. The fourth-order valence-corrected chi connectivity index (χ4v) is 6.31. The van der Waals surface area contributed by atoms with Crippen molar-refractivity contribution in [1.82, 2.24) is 15.1 Å². The summed E-state index contributed by atoms with van der Waals surface area (Å²) in [5.74, 6) is 0.391. The Morgan fingerprint density at radius 2 is 1.55 bits per heavy atom. The van der Waals surface area contributed by atoms with E-state index in [-0.39, 0.29) is 23.8 Å². The Kier molecular flexibility index (Phi) is 9.20. The van der Waals surface area contributed by atoms with Crippen LogP contribution in [0.4, 0.5) is 0 Å². The summed E-state index contributed by atoms with van der Waals surface area (Å²) in [4.78, 5) is 31.5. The lowest BCUT2D eigenvalue weighted by Crippen LogP contribution is -2.55. The van der Waals surface area contributed by atoms with Crippen molar-refractivity contribution in [2.45, 2.75) is 56.1 Å². The molecule has 210 valence electrons. The number of nitrogens with two attached hydrogens (primary N) is 1. The molecule has 2 heterocycles. The van der Waals surface area contributed by atoms with Crippen molar-refractivity contribution in [2.24, 2.45) is 5.73 Å². The van der Waals surface area contributed by atoms with E-state index in [0.29, 0.717) is 23.9 Å². The molecule has 5 rings (SSSR count). The highest BCUT2D eigenvalue weighted by Gasteiger charge is 2.40. The van der Waals surface area contributed by atoms with Gasteiger partial charge in [0.15, 0.2) is 0 Å². The molecule has 3 aromatic rings. The predicted molar refractivity (Wildman–Crippen MR) is 160 cm³/mol. The van der Waals surface area contributed by atoms with Crippen molar-refractivity contribution in [3.63, 3.8) is 0 Å². The van der Waals surface area contributed by atoms with Gasteiger partial charge in [-0.2, -0.15) is 0 Å². The number of nitrogens with one attached hydrogen (secondary N) is 1. The van der Waals surface area contributed by atoms with Crippen LogP contribution in [0, 0.1) is 0 Å². The Morgan fingerprint density at radius 1 is 0.925 bits per heavy atom. The van der Waals surface area contributed by atoms with Crippen LogP contribution in [0.15, 0.2) is 84.9 Å². The lowest BCUT2D eigenvalue weighted by Gasteiger charge is -2.32. The molecule has 0 saturated carbocycles. The minimum Gasteiger partial charge on any atom is -0.343 e. The zero-order chi connectivity index (χ0) is 28.1. The molecular weight excluding hydrogens is 520 g/mol. The second-order valence-corrected chi connectivity index (χ2v) is 11.8. The summed E-state index contributed by atoms with van der Waals surface area (Å²) >= 11 is 6.10. The quantitative estimate of drug-likeness (QED) is 0.403. The van der Waals surface area contributed by atoms with Crippen LogP contribution in [0.5, 0.6) is 0 Å². The molecule has 2 aliphatic heterocycles. The van der Waals surface area contributed by atoms with Crippen LogP contribution < -0.4 is 11.1 Å². The SMILES string of the molecule is CC(N)C(=O)NC(Cc1ccc(Cl)cc1)C(=O)N1CC(c2ccccc2)CC1CN1CCC(c2ccccc2)C1. The highest BCUT2D eigenvalue weighted by molar-refractivity contribution is 6.30. The number of carbonyl (C=O) groups excluding carboxylic acids is 2. The first-order valence-electron chi connectivity index (χ1n) is 14.3. The summed E-state index contributed by atoms with van der Waals surface area (Å²) in [5.41, 5.74) is 9.46. The van der Waals surface area contributed by atoms with E-state index in [0.717, 1.165) is 38.0 Å². The minimum absolute atomic E-state index is 0.0498. The monoisotopic (exact) mass is 558 g/mol. The van der Waals surface area contributed by atoms with E-state index in [2.05, 4.69) is 64.8 Å². The van der Waals surface area contributed by atoms with Gasteiger partial charge in [-0.05, 0) is 61.1 Å². The van der Waals surface area contributed by atoms with Crippen molar-refractivity contribution < 1.29 is 9.59 Å².